The Kier molecular flexibility index (Phi) is 7.92. The normalized spacial score (nSPS) is 11.1. The molecule has 9 aromatic rings. The SMILES string of the molecule is c1ccc(-c2ccc(N(c3ccc(-c4c(-c5ccccc5)ccc5ccccc45)cc3)c3cccc4ccccc34)c(-c3ccccc3)c2)cc1. The van der Waals surface area contributed by atoms with Crippen molar-refractivity contribution in [2.75, 3.05) is 4.90 Å². The summed E-state index contributed by atoms with van der Waals surface area (Å²) in [6.45, 7) is 0. The van der Waals surface area contributed by atoms with E-state index in [9.17, 15) is 0 Å². The Morgan fingerprint density at radius 1 is 0.275 bits per heavy atom. The molecule has 9 aromatic carbocycles. The molecule has 240 valence electrons. The van der Waals surface area contributed by atoms with E-state index in [0.29, 0.717) is 0 Å². The molecule has 1 nitrogen and oxygen atoms in total. The Morgan fingerprint density at radius 3 is 1.49 bits per heavy atom. The molecule has 0 amide bonds. The number of anilines is 3. The Balaban J connectivity index is 1.26. The molecule has 51 heavy (non-hydrogen) atoms. The number of nitrogens with zero attached hydrogens (tertiary/aromatic N) is 1. The smallest absolute Gasteiger partial charge is 0.0540 e. The summed E-state index contributed by atoms with van der Waals surface area (Å²) in [5.74, 6) is 0. The molecule has 0 spiro atoms. The fourth-order valence-corrected chi connectivity index (χ4v) is 7.42. The van der Waals surface area contributed by atoms with Gasteiger partial charge in [-0.1, -0.05) is 182 Å². The van der Waals surface area contributed by atoms with Crippen molar-refractivity contribution in [2.24, 2.45) is 0 Å². The van der Waals surface area contributed by atoms with Gasteiger partial charge in [-0.05, 0) is 85.4 Å². The van der Waals surface area contributed by atoms with Crippen LogP contribution in [0, 0.1) is 0 Å². The van der Waals surface area contributed by atoms with Gasteiger partial charge in [0.25, 0.3) is 0 Å². The fourth-order valence-electron chi connectivity index (χ4n) is 7.42. The largest absolute Gasteiger partial charge is 0.309 e. The zero-order valence-corrected chi connectivity index (χ0v) is 28.2. The molecular formula is C50H35N. The standard InChI is InChI=1S/C50H35N/c1-4-15-36(16-5-1)42-30-34-49(47(35-42)39-19-8-3-9-20-39)51(48-26-14-23-37-21-10-12-24-44(37)48)43-31-27-41(28-32-43)50-45-25-13-11-22-40(45)29-33-46(50)38-17-6-2-7-18-38/h1-35H. The summed E-state index contributed by atoms with van der Waals surface area (Å²) in [5.41, 5.74) is 13.0. The van der Waals surface area contributed by atoms with Gasteiger partial charge < -0.3 is 4.90 Å². The quantitative estimate of drug-likeness (QED) is 0.166. The molecule has 0 saturated heterocycles. The summed E-state index contributed by atoms with van der Waals surface area (Å²) < 4.78 is 0. The second-order valence-corrected chi connectivity index (χ2v) is 12.9. The topological polar surface area (TPSA) is 3.24 Å². The predicted octanol–water partition coefficient (Wildman–Crippen LogP) is 14.1. The fraction of sp³-hybridized carbons (Fsp3) is 0. The summed E-state index contributed by atoms with van der Waals surface area (Å²) in [5, 5.41) is 4.90. The van der Waals surface area contributed by atoms with Crippen LogP contribution in [0.1, 0.15) is 0 Å². The van der Waals surface area contributed by atoms with Crippen molar-refractivity contribution in [3.05, 3.63) is 212 Å². The molecule has 0 saturated carbocycles. The van der Waals surface area contributed by atoms with Crippen LogP contribution in [0.25, 0.3) is 66.1 Å². The minimum Gasteiger partial charge on any atom is -0.309 e. The van der Waals surface area contributed by atoms with E-state index in [1.54, 1.807) is 0 Å². The van der Waals surface area contributed by atoms with Crippen LogP contribution in [0.3, 0.4) is 0 Å². The molecule has 0 heterocycles. The lowest BCUT2D eigenvalue weighted by molar-refractivity contribution is 1.30. The van der Waals surface area contributed by atoms with Crippen molar-refractivity contribution < 1.29 is 0 Å². The molecular weight excluding hydrogens is 615 g/mol. The van der Waals surface area contributed by atoms with Crippen LogP contribution in [-0.4, -0.2) is 0 Å². The van der Waals surface area contributed by atoms with Crippen molar-refractivity contribution in [1.82, 2.24) is 0 Å². The first kappa shape index (κ1) is 30.4. The molecule has 0 aliphatic carbocycles. The van der Waals surface area contributed by atoms with Gasteiger partial charge >= 0.3 is 0 Å². The van der Waals surface area contributed by atoms with E-state index in [1.165, 1.54) is 66.1 Å². The van der Waals surface area contributed by atoms with Gasteiger partial charge in [0, 0.05) is 16.6 Å². The van der Waals surface area contributed by atoms with E-state index in [-0.39, 0.29) is 0 Å². The highest BCUT2D eigenvalue weighted by atomic mass is 15.1. The first-order chi connectivity index (χ1) is 25.3. The lowest BCUT2D eigenvalue weighted by atomic mass is 9.89. The number of hydrogen-bond acceptors (Lipinski definition) is 1. The zero-order valence-electron chi connectivity index (χ0n) is 28.2. The van der Waals surface area contributed by atoms with Crippen LogP contribution in [-0.2, 0) is 0 Å². The van der Waals surface area contributed by atoms with Crippen molar-refractivity contribution >= 4 is 38.6 Å². The molecule has 0 radical (unpaired) electrons. The predicted molar refractivity (Wildman–Crippen MR) is 218 cm³/mol. The van der Waals surface area contributed by atoms with Crippen LogP contribution >= 0.6 is 0 Å². The Morgan fingerprint density at radius 2 is 0.804 bits per heavy atom. The molecule has 0 aliphatic heterocycles. The van der Waals surface area contributed by atoms with Crippen molar-refractivity contribution in [2.45, 2.75) is 0 Å². The minimum absolute atomic E-state index is 1.10. The van der Waals surface area contributed by atoms with E-state index >= 15 is 0 Å². The van der Waals surface area contributed by atoms with Gasteiger partial charge in [-0.2, -0.15) is 0 Å². The van der Waals surface area contributed by atoms with Gasteiger partial charge in [0.05, 0.1) is 11.4 Å². The highest BCUT2D eigenvalue weighted by molar-refractivity contribution is 6.05. The Hall–Kier alpha value is -6.70. The van der Waals surface area contributed by atoms with Crippen LogP contribution in [0.2, 0.25) is 0 Å². The second kappa shape index (κ2) is 13.3. The maximum absolute atomic E-state index is 2.43. The van der Waals surface area contributed by atoms with Crippen LogP contribution < -0.4 is 4.90 Å². The maximum atomic E-state index is 2.43. The first-order valence-electron chi connectivity index (χ1n) is 17.5. The average Bonchev–Trinajstić information content (AvgIpc) is 3.22. The average molecular weight is 650 g/mol. The van der Waals surface area contributed by atoms with E-state index in [1.807, 2.05) is 0 Å². The van der Waals surface area contributed by atoms with Gasteiger partial charge in [0.2, 0.25) is 0 Å². The van der Waals surface area contributed by atoms with Crippen molar-refractivity contribution in [3.63, 3.8) is 0 Å². The molecule has 0 fully saturated rings. The van der Waals surface area contributed by atoms with E-state index in [4.69, 9.17) is 0 Å². The van der Waals surface area contributed by atoms with Crippen molar-refractivity contribution in [3.8, 4) is 44.5 Å². The number of fused-ring (bicyclic) bond motifs is 2. The molecule has 0 N–H and O–H groups in total. The molecule has 0 atom stereocenters. The molecule has 9 rings (SSSR count). The van der Waals surface area contributed by atoms with Gasteiger partial charge in [-0.15, -0.1) is 0 Å². The third-order valence-corrected chi connectivity index (χ3v) is 9.86. The number of hydrogen-bond donors (Lipinski definition) is 0. The van der Waals surface area contributed by atoms with E-state index in [0.717, 1.165) is 17.1 Å². The van der Waals surface area contributed by atoms with E-state index < -0.39 is 0 Å². The Bertz CT molecular complexity index is 2600. The number of rotatable bonds is 7. The zero-order chi connectivity index (χ0) is 34.0. The van der Waals surface area contributed by atoms with Gasteiger partial charge in [0.15, 0.2) is 0 Å². The summed E-state index contributed by atoms with van der Waals surface area (Å²) in [4.78, 5) is 2.43. The lowest BCUT2D eigenvalue weighted by Gasteiger charge is -2.30. The molecule has 0 bridgehead atoms. The molecule has 0 aromatic heterocycles. The monoisotopic (exact) mass is 649 g/mol. The Labute approximate surface area is 299 Å². The van der Waals surface area contributed by atoms with Crippen LogP contribution in [0.4, 0.5) is 17.1 Å². The second-order valence-electron chi connectivity index (χ2n) is 12.9. The minimum atomic E-state index is 1.10. The van der Waals surface area contributed by atoms with Crippen molar-refractivity contribution in [1.29, 1.82) is 0 Å². The van der Waals surface area contributed by atoms with Crippen LogP contribution in [0.15, 0.2) is 212 Å². The molecule has 0 unspecified atom stereocenters. The highest BCUT2D eigenvalue weighted by Gasteiger charge is 2.21. The maximum Gasteiger partial charge on any atom is 0.0540 e. The molecule has 1 heteroatoms. The summed E-state index contributed by atoms with van der Waals surface area (Å²) in [6.07, 6.45) is 0. The first-order valence-corrected chi connectivity index (χ1v) is 17.5. The third kappa shape index (κ3) is 5.75. The van der Waals surface area contributed by atoms with Gasteiger partial charge in [0.1, 0.15) is 0 Å². The summed E-state index contributed by atoms with van der Waals surface area (Å²) in [7, 11) is 0. The van der Waals surface area contributed by atoms with Crippen LogP contribution in [0.5, 0.6) is 0 Å². The number of benzene rings is 9. The summed E-state index contributed by atoms with van der Waals surface area (Å²) >= 11 is 0. The van der Waals surface area contributed by atoms with Gasteiger partial charge in [-0.3, -0.25) is 0 Å². The van der Waals surface area contributed by atoms with E-state index in [2.05, 4.69) is 217 Å². The highest BCUT2D eigenvalue weighted by Crippen LogP contribution is 2.46. The lowest BCUT2D eigenvalue weighted by Crippen LogP contribution is -2.12. The van der Waals surface area contributed by atoms with Gasteiger partial charge in [-0.25, -0.2) is 0 Å². The molecule has 0 aliphatic rings. The third-order valence-electron chi connectivity index (χ3n) is 9.86. The summed E-state index contributed by atoms with van der Waals surface area (Å²) in [6, 6.07) is 76.7.